The number of nitrogens with zero attached hydrogens (tertiary/aromatic N) is 4. The van der Waals surface area contributed by atoms with Gasteiger partial charge in [0.2, 0.25) is 0 Å². The number of aromatic nitrogens is 4. The monoisotopic (exact) mass is 666 g/mol. The molecule has 0 saturated carbocycles. The van der Waals surface area contributed by atoms with E-state index in [1.165, 1.54) is 30.5 Å². The normalized spacial score (nSPS) is 14.3. The van der Waals surface area contributed by atoms with Gasteiger partial charge in [0.1, 0.15) is 12.4 Å². The van der Waals surface area contributed by atoms with Crippen molar-refractivity contribution in [1.82, 2.24) is 19.6 Å². The van der Waals surface area contributed by atoms with Gasteiger partial charge in [-0.15, -0.1) is 0 Å². The number of aryl methyl sites for hydroxylation is 2. The average Bonchev–Trinajstić information content (AvgIpc) is 3.63. The Bertz CT molecular complexity index is 1890. The summed E-state index contributed by atoms with van der Waals surface area (Å²) < 4.78 is 111. The quantitative estimate of drug-likeness (QED) is 0.157. The van der Waals surface area contributed by atoms with Gasteiger partial charge in [0.05, 0.1) is 5.56 Å². The molecule has 0 aliphatic carbocycles. The molecule has 0 fully saturated rings. The summed E-state index contributed by atoms with van der Waals surface area (Å²) in [5.41, 5.74) is -3.29. The Morgan fingerprint density at radius 3 is 2.23 bits per heavy atom. The van der Waals surface area contributed by atoms with Crippen LogP contribution < -0.4 is 9.47 Å². The molecule has 248 valence electrons. The molecule has 0 saturated heterocycles. The van der Waals surface area contributed by atoms with Gasteiger partial charge in [-0.25, -0.2) is 9.18 Å². The lowest BCUT2D eigenvalue weighted by Crippen LogP contribution is -2.20. The lowest BCUT2D eigenvalue weighted by atomic mass is 9.90. The van der Waals surface area contributed by atoms with Crippen molar-refractivity contribution < 1.29 is 54.9 Å². The molecular formula is C31H25F7N4O5. The second-order valence-corrected chi connectivity index (χ2v) is 10.5. The fourth-order valence-corrected chi connectivity index (χ4v) is 5.07. The van der Waals surface area contributed by atoms with Crippen LogP contribution in [0.5, 0.6) is 11.5 Å². The highest BCUT2D eigenvalue weighted by Gasteiger charge is 2.40. The smallest absolute Gasteiger partial charge is 0.435 e. The lowest BCUT2D eigenvalue weighted by Gasteiger charge is -2.23. The van der Waals surface area contributed by atoms with E-state index in [1.54, 1.807) is 13.8 Å². The van der Waals surface area contributed by atoms with E-state index in [0.717, 1.165) is 27.7 Å². The number of aliphatic carboxylic acids is 1. The minimum absolute atomic E-state index is 0.0218. The number of hydrogen-bond donors (Lipinski definition) is 1. The third kappa shape index (κ3) is 7.00. The minimum atomic E-state index is -4.92. The molecule has 0 bridgehead atoms. The van der Waals surface area contributed by atoms with Crippen molar-refractivity contribution in [2.75, 3.05) is 13.2 Å². The first-order valence-electron chi connectivity index (χ1n) is 14.1. The van der Waals surface area contributed by atoms with Crippen molar-refractivity contribution in [2.24, 2.45) is 0 Å². The molecule has 1 aliphatic heterocycles. The van der Waals surface area contributed by atoms with E-state index in [4.69, 9.17) is 14.6 Å². The zero-order valence-corrected chi connectivity index (χ0v) is 24.7. The summed E-state index contributed by atoms with van der Waals surface area (Å²) in [7, 11) is 0. The summed E-state index contributed by atoms with van der Waals surface area (Å²) in [5.74, 6) is -3.55. The molecular weight excluding hydrogens is 641 g/mol. The number of ketones is 1. The molecule has 0 spiro atoms. The van der Waals surface area contributed by atoms with Crippen LogP contribution in [-0.2, 0) is 36.7 Å². The van der Waals surface area contributed by atoms with Crippen LogP contribution in [0.3, 0.4) is 0 Å². The maximum atomic E-state index is 14.2. The summed E-state index contributed by atoms with van der Waals surface area (Å²) in [5, 5.41) is 16.1. The highest BCUT2D eigenvalue weighted by molar-refractivity contribution is 6.15. The van der Waals surface area contributed by atoms with Gasteiger partial charge < -0.3 is 14.6 Å². The van der Waals surface area contributed by atoms with Crippen LogP contribution in [0.2, 0.25) is 0 Å². The number of ether oxygens (including phenoxy) is 2. The van der Waals surface area contributed by atoms with E-state index in [-0.39, 0.29) is 52.2 Å². The number of rotatable bonds is 9. The Kier molecular flexibility index (Phi) is 8.88. The minimum Gasteiger partial charge on any atom is -0.487 e. The first-order chi connectivity index (χ1) is 22.1. The standard InChI is InChI=1S/C31H25F7N4O5/c1-3-41-12-18(28(39-41)30(33,34)35)8-17-9-20(22-13-42(4-2)40-29(22)31(36,37)38)27-21(10-17)26(45)19(14-47-27)7-16-5-6-23(32)24(11-16)46-15-25(43)44/h5-7,9-13H,3-4,8,14-15H2,1-2H3,(H,43,44)/b19-7+. The first-order valence-corrected chi connectivity index (χ1v) is 14.1. The number of carbonyl (C=O) groups excluding carboxylic acids is 1. The number of fused-ring (bicyclic) bond motifs is 1. The third-order valence-electron chi connectivity index (χ3n) is 7.17. The fourth-order valence-electron chi connectivity index (χ4n) is 5.07. The van der Waals surface area contributed by atoms with Crippen LogP contribution in [-0.4, -0.2) is 49.6 Å². The SMILES string of the molecule is CCn1cc(Cc2cc3c(c(-c4cn(CC)nc4C(F)(F)F)c2)OC/C(=C\c2ccc(F)c(OCC(=O)O)c2)C3=O)c(C(F)(F)F)n1. The number of alkyl halides is 6. The predicted octanol–water partition coefficient (Wildman–Crippen LogP) is 6.68. The maximum absolute atomic E-state index is 14.2. The van der Waals surface area contributed by atoms with E-state index in [2.05, 4.69) is 10.2 Å². The third-order valence-corrected chi connectivity index (χ3v) is 7.17. The molecule has 4 aromatic rings. The van der Waals surface area contributed by atoms with Crippen LogP contribution in [0, 0.1) is 5.82 Å². The Balaban J connectivity index is 1.65. The van der Waals surface area contributed by atoms with E-state index >= 15 is 0 Å². The molecule has 9 nitrogen and oxygen atoms in total. The van der Waals surface area contributed by atoms with Gasteiger partial charge in [-0.1, -0.05) is 6.07 Å². The number of carboxylic acid groups (broad SMARTS) is 1. The zero-order chi connectivity index (χ0) is 34.3. The molecule has 0 unspecified atom stereocenters. The summed E-state index contributed by atoms with van der Waals surface area (Å²) in [6.45, 7) is 2.09. The van der Waals surface area contributed by atoms with E-state index in [0.29, 0.717) is 0 Å². The van der Waals surface area contributed by atoms with Gasteiger partial charge >= 0.3 is 18.3 Å². The number of carbonyl (C=O) groups is 2. The second kappa shape index (κ2) is 12.6. The molecule has 0 radical (unpaired) electrons. The Labute approximate surface area is 261 Å². The van der Waals surface area contributed by atoms with Crippen LogP contribution in [0.1, 0.15) is 52.3 Å². The van der Waals surface area contributed by atoms with Gasteiger partial charge in [0, 0.05) is 54.2 Å². The van der Waals surface area contributed by atoms with Crippen LogP contribution in [0.25, 0.3) is 17.2 Å². The van der Waals surface area contributed by atoms with E-state index in [1.807, 2.05) is 0 Å². The number of carboxylic acids is 1. The molecule has 2 aromatic heterocycles. The highest BCUT2D eigenvalue weighted by Crippen LogP contribution is 2.44. The Hall–Kier alpha value is -5.15. The highest BCUT2D eigenvalue weighted by atomic mass is 19.4. The van der Waals surface area contributed by atoms with Crippen molar-refractivity contribution in [3.05, 3.63) is 87.8 Å². The molecule has 0 atom stereocenters. The van der Waals surface area contributed by atoms with Crippen molar-refractivity contribution >= 4 is 17.8 Å². The molecule has 3 heterocycles. The molecule has 1 aliphatic rings. The average molecular weight is 667 g/mol. The van der Waals surface area contributed by atoms with Crippen LogP contribution in [0.15, 0.2) is 48.3 Å². The largest absolute Gasteiger partial charge is 0.487 e. The zero-order valence-electron chi connectivity index (χ0n) is 24.7. The summed E-state index contributed by atoms with van der Waals surface area (Å²) >= 11 is 0. The first kappa shape index (κ1) is 33.2. The number of hydrogen-bond acceptors (Lipinski definition) is 6. The Morgan fingerprint density at radius 1 is 0.957 bits per heavy atom. The van der Waals surface area contributed by atoms with Crippen LogP contribution in [0.4, 0.5) is 30.7 Å². The number of Topliss-reactive ketones (excluding diaryl/α,β-unsaturated/α-hetero) is 1. The van der Waals surface area contributed by atoms with Gasteiger partial charge in [0.15, 0.2) is 35.3 Å². The second-order valence-electron chi connectivity index (χ2n) is 10.5. The summed E-state index contributed by atoms with van der Waals surface area (Å²) in [4.78, 5) is 24.7. The van der Waals surface area contributed by atoms with Gasteiger partial charge in [0.25, 0.3) is 0 Å². The molecule has 47 heavy (non-hydrogen) atoms. The Morgan fingerprint density at radius 2 is 1.60 bits per heavy atom. The van der Waals surface area contributed by atoms with Crippen molar-refractivity contribution in [1.29, 1.82) is 0 Å². The van der Waals surface area contributed by atoms with Crippen molar-refractivity contribution in [2.45, 2.75) is 45.7 Å². The topological polar surface area (TPSA) is 108 Å². The van der Waals surface area contributed by atoms with Crippen molar-refractivity contribution in [3.8, 4) is 22.6 Å². The fraction of sp³-hybridized carbons (Fsp3) is 0.290. The predicted molar refractivity (Wildman–Crippen MR) is 151 cm³/mol. The maximum Gasteiger partial charge on any atom is 0.435 e. The molecule has 0 amide bonds. The number of benzene rings is 2. The molecule has 5 rings (SSSR count). The lowest BCUT2D eigenvalue weighted by molar-refractivity contribution is -0.142. The molecule has 1 N–H and O–H groups in total. The molecule has 16 heteroatoms. The van der Waals surface area contributed by atoms with Gasteiger partial charge in [-0.2, -0.15) is 36.5 Å². The van der Waals surface area contributed by atoms with E-state index in [9.17, 15) is 40.3 Å². The number of halogens is 7. The van der Waals surface area contributed by atoms with Gasteiger partial charge in [-0.3, -0.25) is 14.2 Å². The summed E-state index contributed by atoms with van der Waals surface area (Å²) in [6.07, 6.45) is -6.58. The van der Waals surface area contributed by atoms with E-state index < -0.39 is 72.3 Å². The van der Waals surface area contributed by atoms with Crippen molar-refractivity contribution in [3.63, 3.8) is 0 Å². The molecule has 2 aromatic carbocycles. The van der Waals surface area contributed by atoms with Gasteiger partial charge in [-0.05, 0) is 55.3 Å². The van der Waals surface area contributed by atoms with Crippen LogP contribution >= 0.6 is 0 Å². The summed E-state index contributed by atoms with van der Waals surface area (Å²) in [6, 6.07) is 5.90.